The van der Waals surface area contributed by atoms with Crippen LogP contribution in [0, 0.1) is 5.92 Å². The summed E-state index contributed by atoms with van der Waals surface area (Å²) in [5.74, 6) is -0.0135. The Morgan fingerprint density at radius 2 is 1.78 bits per heavy atom. The number of carbonyl (C=O) groups excluding carboxylic acids is 1. The fourth-order valence-electron chi connectivity index (χ4n) is 4.76. The molecule has 0 saturated heterocycles. The van der Waals surface area contributed by atoms with E-state index >= 15 is 0 Å². The van der Waals surface area contributed by atoms with Crippen molar-refractivity contribution in [3.05, 3.63) is 84.2 Å². The lowest BCUT2D eigenvalue weighted by Gasteiger charge is -2.31. The number of sulfonamides is 1. The van der Waals surface area contributed by atoms with Crippen LogP contribution < -0.4 is 10.6 Å². The number of carbonyl (C=O) groups is 1. The summed E-state index contributed by atoms with van der Waals surface area (Å²) in [5, 5.41) is 18.2. The number of amides is 1. The summed E-state index contributed by atoms with van der Waals surface area (Å²) in [7, 11) is -4.01. The molecule has 45 heavy (non-hydrogen) atoms. The summed E-state index contributed by atoms with van der Waals surface area (Å²) in [6.07, 6.45) is 0.892. The van der Waals surface area contributed by atoms with E-state index in [4.69, 9.17) is 4.74 Å². The van der Waals surface area contributed by atoms with E-state index < -0.39 is 33.9 Å². The number of hydrogen-bond donors (Lipinski definition) is 3. The molecular weight excluding hydrogens is 611 g/mol. The van der Waals surface area contributed by atoms with E-state index in [9.17, 15) is 18.3 Å². The molecule has 0 saturated carbocycles. The van der Waals surface area contributed by atoms with E-state index in [1.807, 2.05) is 62.4 Å². The number of alkyl carbamates (subject to hydrolysis) is 1. The van der Waals surface area contributed by atoms with Crippen molar-refractivity contribution < 1.29 is 23.1 Å². The number of aliphatic hydroxyl groups excluding tert-OH is 1. The number of benzene rings is 2. The number of ether oxygens (including phenoxy) is 1. The molecule has 12 heteroatoms. The van der Waals surface area contributed by atoms with Crippen LogP contribution in [-0.2, 0) is 27.6 Å². The Hall–Kier alpha value is -3.58. The zero-order valence-corrected chi connectivity index (χ0v) is 28.1. The van der Waals surface area contributed by atoms with Gasteiger partial charge in [0.1, 0.15) is 5.60 Å². The molecule has 0 unspecified atom stereocenters. The van der Waals surface area contributed by atoms with Crippen LogP contribution in [0.3, 0.4) is 0 Å². The Morgan fingerprint density at radius 1 is 1.04 bits per heavy atom. The molecule has 2 heterocycles. The van der Waals surface area contributed by atoms with Gasteiger partial charge < -0.3 is 20.5 Å². The lowest BCUT2D eigenvalue weighted by Crippen LogP contribution is -2.51. The van der Waals surface area contributed by atoms with Crippen LogP contribution in [0.25, 0.3) is 10.2 Å². The minimum absolute atomic E-state index is 0.0135. The number of pyridine rings is 1. The number of thiazole rings is 1. The standard InChI is InChI=1S/C33H43N5O5S2/c1-23(2)21-38(22-29(39)28(19-24-11-7-6-8-12-24)37-32(40)43-33(3,4)5)45(41,42)26-14-15-27-30(20-26)44-31(36-27)35-18-16-25-13-9-10-17-34-25/h6-15,17,20,23,28-29,39H,16,18-19,21-22H2,1-5H3,(H,35,36)(H,37,40)/t28-,29+/m0/s1. The predicted molar refractivity (Wildman–Crippen MR) is 179 cm³/mol. The van der Waals surface area contributed by atoms with Gasteiger partial charge in [-0.3, -0.25) is 4.98 Å². The number of anilines is 1. The molecule has 10 nitrogen and oxygen atoms in total. The van der Waals surface area contributed by atoms with Crippen molar-refractivity contribution >= 4 is 42.8 Å². The molecule has 2 aromatic heterocycles. The van der Waals surface area contributed by atoms with Gasteiger partial charge in [-0.05, 0) is 69.0 Å². The highest BCUT2D eigenvalue weighted by Crippen LogP contribution is 2.30. The zero-order valence-electron chi connectivity index (χ0n) is 26.4. The van der Waals surface area contributed by atoms with E-state index in [0.29, 0.717) is 23.6 Å². The highest BCUT2D eigenvalue weighted by molar-refractivity contribution is 7.89. The van der Waals surface area contributed by atoms with Gasteiger partial charge in [0, 0.05) is 37.9 Å². The van der Waals surface area contributed by atoms with Crippen LogP contribution in [0.4, 0.5) is 9.93 Å². The second-order valence-corrected chi connectivity index (χ2v) is 15.3. The number of fused-ring (bicyclic) bond motifs is 1. The van der Waals surface area contributed by atoms with Crippen LogP contribution in [0.5, 0.6) is 0 Å². The Morgan fingerprint density at radius 3 is 2.44 bits per heavy atom. The first-order valence-corrected chi connectivity index (χ1v) is 17.3. The molecule has 0 aliphatic heterocycles. The van der Waals surface area contributed by atoms with Crippen LogP contribution in [0.1, 0.15) is 45.9 Å². The van der Waals surface area contributed by atoms with Crippen molar-refractivity contribution in [2.24, 2.45) is 5.92 Å². The molecule has 0 aliphatic carbocycles. The lowest BCUT2D eigenvalue weighted by atomic mass is 10.0. The SMILES string of the molecule is CC(C)CN(C[C@@H](O)[C@H](Cc1ccccc1)NC(=O)OC(C)(C)C)S(=O)(=O)c1ccc2nc(NCCc3ccccn3)sc2c1. The summed E-state index contributed by atoms with van der Waals surface area (Å²) in [6, 6.07) is 19.3. The molecule has 0 radical (unpaired) electrons. The number of nitrogens with zero attached hydrogens (tertiary/aromatic N) is 3. The number of aromatic nitrogens is 2. The van der Waals surface area contributed by atoms with Crippen LogP contribution in [-0.4, -0.2) is 71.3 Å². The second-order valence-electron chi connectivity index (χ2n) is 12.4. The van der Waals surface area contributed by atoms with Crippen molar-refractivity contribution in [2.45, 2.75) is 70.1 Å². The Labute approximate surface area is 269 Å². The molecule has 0 aliphatic rings. The third kappa shape index (κ3) is 10.2. The molecule has 0 bridgehead atoms. The molecule has 2 atom stereocenters. The van der Waals surface area contributed by atoms with Gasteiger partial charge in [-0.1, -0.05) is 61.6 Å². The van der Waals surface area contributed by atoms with Gasteiger partial charge in [0.15, 0.2) is 5.13 Å². The largest absolute Gasteiger partial charge is 0.444 e. The first-order valence-electron chi connectivity index (χ1n) is 15.1. The molecule has 4 rings (SSSR count). The fourth-order valence-corrected chi connectivity index (χ4v) is 7.41. The second kappa shape index (κ2) is 15.1. The average Bonchev–Trinajstić information content (AvgIpc) is 3.38. The van der Waals surface area contributed by atoms with Gasteiger partial charge in [0.2, 0.25) is 10.0 Å². The van der Waals surface area contributed by atoms with Crippen molar-refractivity contribution in [2.75, 3.05) is 25.0 Å². The van der Waals surface area contributed by atoms with Crippen molar-refractivity contribution in [1.29, 1.82) is 0 Å². The van der Waals surface area contributed by atoms with Gasteiger partial charge in [0.25, 0.3) is 0 Å². The summed E-state index contributed by atoms with van der Waals surface area (Å²) < 4.78 is 35.6. The van der Waals surface area contributed by atoms with Crippen molar-refractivity contribution in [1.82, 2.24) is 19.6 Å². The number of nitrogens with one attached hydrogen (secondary N) is 2. The van der Waals surface area contributed by atoms with E-state index in [1.54, 1.807) is 45.2 Å². The summed E-state index contributed by atoms with van der Waals surface area (Å²) in [5.41, 5.74) is 1.82. The molecule has 1 amide bonds. The van der Waals surface area contributed by atoms with Gasteiger partial charge in [0.05, 0.1) is 27.3 Å². The lowest BCUT2D eigenvalue weighted by molar-refractivity contribution is 0.0400. The first kappa shape index (κ1) is 34.3. The molecule has 2 aromatic carbocycles. The minimum Gasteiger partial charge on any atom is -0.444 e. The summed E-state index contributed by atoms with van der Waals surface area (Å²) in [6.45, 7) is 9.73. The Bertz CT molecular complexity index is 1640. The highest BCUT2D eigenvalue weighted by atomic mass is 32.2. The zero-order chi connectivity index (χ0) is 32.6. The maximum atomic E-state index is 14.0. The smallest absolute Gasteiger partial charge is 0.407 e. The topological polar surface area (TPSA) is 134 Å². The van der Waals surface area contributed by atoms with Crippen LogP contribution >= 0.6 is 11.3 Å². The molecule has 0 spiro atoms. The average molecular weight is 654 g/mol. The number of aliphatic hydroxyl groups is 1. The maximum Gasteiger partial charge on any atom is 0.407 e. The molecular formula is C33H43N5O5S2. The predicted octanol–water partition coefficient (Wildman–Crippen LogP) is 5.49. The van der Waals surface area contributed by atoms with Crippen molar-refractivity contribution in [3.8, 4) is 0 Å². The number of hydrogen-bond acceptors (Lipinski definition) is 9. The van der Waals surface area contributed by atoms with E-state index in [2.05, 4.69) is 20.6 Å². The first-order chi connectivity index (χ1) is 21.3. The van der Waals surface area contributed by atoms with Gasteiger partial charge in [-0.15, -0.1) is 0 Å². The fraction of sp³-hybridized carbons (Fsp3) is 0.424. The Kier molecular flexibility index (Phi) is 11.5. The van der Waals surface area contributed by atoms with E-state index in [-0.39, 0.29) is 23.9 Å². The van der Waals surface area contributed by atoms with Crippen LogP contribution in [0.15, 0.2) is 77.8 Å². The maximum absolute atomic E-state index is 14.0. The van der Waals surface area contributed by atoms with Crippen molar-refractivity contribution in [3.63, 3.8) is 0 Å². The van der Waals surface area contributed by atoms with Gasteiger partial charge in [-0.2, -0.15) is 4.31 Å². The van der Waals surface area contributed by atoms with Gasteiger partial charge in [-0.25, -0.2) is 18.2 Å². The Balaban J connectivity index is 1.53. The summed E-state index contributed by atoms with van der Waals surface area (Å²) >= 11 is 1.38. The summed E-state index contributed by atoms with van der Waals surface area (Å²) in [4.78, 5) is 21.8. The number of rotatable bonds is 14. The van der Waals surface area contributed by atoms with E-state index in [1.165, 1.54) is 15.6 Å². The quantitative estimate of drug-likeness (QED) is 0.163. The molecule has 242 valence electrons. The monoisotopic (exact) mass is 653 g/mol. The van der Waals surface area contributed by atoms with Crippen LogP contribution in [0.2, 0.25) is 0 Å². The normalized spacial score (nSPS) is 13.6. The third-order valence-electron chi connectivity index (χ3n) is 6.81. The minimum atomic E-state index is -4.01. The molecule has 4 aromatic rings. The van der Waals surface area contributed by atoms with Gasteiger partial charge >= 0.3 is 6.09 Å². The molecule has 0 fully saturated rings. The van der Waals surface area contributed by atoms with E-state index in [0.717, 1.165) is 22.4 Å². The molecule has 3 N–H and O–H groups in total. The highest BCUT2D eigenvalue weighted by Gasteiger charge is 2.32. The third-order valence-corrected chi connectivity index (χ3v) is 9.61.